The van der Waals surface area contributed by atoms with Gasteiger partial charge < -0.3 is 15.3 Å². The Morgan fingerprint density at radius 3 is 2.73 bits per heavy atom. The number of carbonyl (C=O) groups excluding carboxylic acids is 1. The Morgan fingerprint density at radius 2 is 2.18 bits per heavy atom. The summed E-state index contributed by atoms with van der Waals surface area (Å²) in [6.07, 6.45) is 0.643. The number of amides is 1. The molecule has 1 saturated heterocycles. The average Bonchev–Trinajstić information content (AvgIpc) is 2.89. The van der Waals surface area contributed by atoms with E-state index < -0.39 is 0 Å². The maximum absolute atomic E-state index is 12.2. The van der Waals surface area contributed by atoms with Crippen molar-refractivity contribution in [3.8, 4) is 0 Å². The van der Waals surface area contributed by atoms with Crippen molar-refractivity contribution in [1.29, 1.82) is 0 Å². The highest BCUT2D eigenvalue weighted by Gasteiger charge is 2.28. The van der Waals surface area contributed by atoms with Crippen LogP contribution < -0.4 is 5.32 Å². The predicted molar refractivity (Wildman–Crippen MR) is 89.2 cm³/mol. The number of aliphatic hydroxyl groups is 1. The SMILES string of the molecule is CNC(=O)c1cccc(C)c1[C@@H](CN1CC[C@@H](O)C1)C(C)C. The van der Waals surface area contributed by atoms with Crippen LogP contribution in [0.3, 0.4) is 0 Å². The van der Waals surface area contributed by atoms with Crippen LogP contribution in [0, 0.1) is 12.8 Å². The molecule has 4 heteroatoms. The van der Waals surface area contributed by atoms with Gasteiger partial charge in [-0.15, -0.1) is 0 Å². The van der Waals surface area contributed by atoms with Crippen molar-refractivity contribution < 1.29 is 9.90 Å². The molecule has 0 radical (unpaired) electrons. The summed E-state index contributed by atoms with van der Waals surface area (Å²) in [6, 6.07) is 5.94. The molecule has 2 rings (SSSR count). The fourth-order valence-electron chi connectivity index (χ4n) is 3.40. The van der Waals surface area contributed by atoms with Gasteiger partial charge >= 0.3 is 0 Å². The van der Waals surface area contributed by atoms with Gasteiger partial charge in [0.25, 0.3) is 5.91 Å². The van der Waals surface area contributed by atoms with Gasteiger partial charge in [-0.2, -0.15) is 0 Å². The summed E-state index contributed by atoms with van der Waals surface area (Å²) in [5.41, 5.74) is 3.10. The van der Waals surface area contributed by atoms with Gasteiger partial charge in [-0.05, 0) is 42.4 Å². The summed E-state index contributed by atoms with van der Waals surface area (Å²) in [5.74, 6) is 0.701. The highest BCUT2D eigenvalue weighted by Crippen LogP contribution is 2.32. The van der Waals surface area contributed by atoms with Crippen LogP contribution in [-0.4, -0.2) is 48.7 Å². The first-order valence-corrected chi connectivity index (χ1v) is 8.16. The number of hydrogen-bond acceptors (Lipinski definition) is 3. The lowest BCUT2D eigenvalue weighted by molar-refractivity contribution is 0.0960. The second-order valence-electron chi connectivity index (χ2n) is 6.67. The smallest absolute Gasteiger partial charge is 0.251 e. The lowest BCUT2D eigenvalue weighted by Crippen LogP contribution is -2.31. The van der Waals surface area contributed by atoms with Crippen LogP contribution in [0.2, 0.25) is 0 Å². The van der Waals surface area contributed by atoms with Gasteiger partial charge in [-0.3, -0.25) is 4.79 Å². The Morgan fingerprint density at radius 1 is 1.45 bits per heavy atom. The zero-order chi connectivity index (χ0) is 16.3. The van der Waals surface area contributed by atoms with Crippen LogP contribution in [0.25, 0.3) is 0 Å². The largest absolute Gasteiger partial charge is 0.392 e. The topological polar surface area (TPSA) is 52.6 Å². The van der Waals surface area contributed by atoms with Crippen molar-refractivity contribution in [3.63, 3.8) is 0 Å². The summed E-state index contributed by atoms with van der Waals surface area (Å²) in [5, 5.41) is 12.5. The van der Waals surface area contributed by atoms with Crippen molar-refractivity contribution in [2.24, 2.45) is 5.92 Å². The molecule has 4 nitrogen and oxygen atoms in total. The molecule has 22 heavy (non-hydrogen) atoms. The number of hydrogen-bond donors (Lipinski definition) is 2. The van der Waals surface area contributed by atoms with Crippen LogP contribution in [0.4, 0.5) is 0 Å². The third-order valence-corrected chi connectivity index (χ3v) is 4.67. The van der Waals surface area contributed by atoms with Crippen molar-refractivity contribution in [2.75, 3.05) is 26.7 Å². The molecule has 1 amide bonds. The Hall–Kier alpha value is -1.39. The molecule has 2 atom stereocenters. The highest BCUT2D eigenvalue weighted by molar-refractivity contribution is 5.96. The Kier molecular flexibility index (Phi) is 5.59. The monoisotopic (exact) mass is 304 g/mol. The number of nitrogens with zero attached hydrogens (tertiary/aromatic N) is 1. The van der Waals surface area contributed by atoms with Crippen molar-refractivity contribution in [2.45, 2.75) is 39.2 Å². The quantitative estimate of drug-likeness (QED) is 0.876. The van der Waals surface area contributed by atoms with Crippen LogP contribution in [0.5, 0.6) is 0 Å². The van der Waals surface area contributed by atoms with Crippen LogP contribution >= 0.6 is 0 Å². The molecule has 0 saturated carbocycles. The molecular weight excluding hydrogens is 276 g/mol. The molecule has 1 fully saturated rings. The first-order valence-electron chi connectivity index (χ1n) is 8.16. The van der Waals surface area contributed by atoms with E-state index in [2.05, 4.69) is 37.1 Å². The first kappa shape index (κ1) is 17.0. The number of benzene rings is 1. The van der Waals surface area contributed by atoms with Gasteiger partial charge in [-0.25, -0.2) is 0 Å². The lowest BCUT2D eigenvalue weighted by atomic mass is 9.82. The average molecular weight is 304 g/mol. The van der Waals surface area contributed by atoms with E-state index in [1.165, 1.54) is 5.56 Å². The fourth-order valence-corrected chi connectivity index (χ4v) is 3.40. The molecule has 122 valence electrons. The predicted octanol–water partition coefficient (Wildman–Crippen LogP) is 2.16. The van der Waals surface area contributed by atoms with Crippen LogP contribution in [0.1, 0.15) is 47.7 Å². The number of rotatable bonds is 5. The summed E-state index contributed by atoms with van der Waals surface area (Å²) in [7, 11) is 1.68. The molecule has 0 unspecified atom stereocenters. The summed E-state index contributed by atoms with van der Waals surface area (Å²) < 4.78 is 0. The van der Waals surface area contributed by atoms with E-state index in [4.69, 9.17) is 0 Å². The normalized spacial score (nSPS) is 20.4. The van der Waals surface area contributed by atoms with Crippen LogP contribution in [0.15, 0.2) is 18.2 Å². The lowest BCUT2D eigenvalue weighted by Gasteiger charge is -2.29. The van der Waals surface area contributed by atoms with Crippen molar-refractivity contribution in [3.05, 3.63) is 34.9 Å². The molecule has 0 spiro atoms. The molecule has 1 aliphatic heterocycles. The van der Waals surface area contributed by atoms with E-state index in [9.17, 15) is 9.90 Å². The molecule has 1 heterocycles. The zero-order valence-corrected chi connectivity index (χ0v) is 14.1. The van der Waals surface area contributed by atoms with E-state index in [0.717, 1.165) is 37.2 Å². The molecule has 0 bridgehead atoms. The van der Waals surface area contributed by atoms with Gasteiger partial charge in [-0.1, -0.05) is 26.0 Å². The molecule has 0 aliphatic carbocycles. The standard InChI is InChI=1S/C18H28N2O2/c1-12(2)16(11-20-9-8-14(21)10-20)17-13(3)6-5-7-15(17)18(22)19-4/h5-7,12,14,16,21H,8-11H2,1-4H3,(H,19,22)/t14-,16+/m1/s1. The first-order chi connectivity index (χ1) is 10.4. The van der Waals surface area contributed by atoms with E-state index in [-0.39, 0.29) is 12.0 Å². The summed E-state index contributed by atoms with van der Waals surface area (Å²) in [6.45, 7) is 9.06. The number of aliphatic hydroxyl groups excluding tert-OH is 1. The van der Waals surface area contributed by atoms with E-state index >= 15 is 0 Å². The van der Waals surface area contributed by atoms with Gasteiger partial charge in [0.05, 0.1) is 6.10 Å². The second-order valence-corrected chi connectivity index (χ2v) is 6.67. The zero-order valence-electron chi connectivity index (χ0n) is 14.1. The number of aryl methyl sites for hydroxylation is 1. The third kappa shape index (κ3) is 3.68. The minimum absolute atomic E-state index is 0.0224. The van der Waals surface area contributed by atoms with Gasteiger partial charge in [0.2, 0.25) is 0 Å². The third-order valence-electron chi connectivity index (χ3n) is 4.67. The van der Waals surface area contributed by atoms with E-state index in [0.29, 0.717) is 11.8 Å². The summed E-state index contributed by atoms with van der Waals surface area (Å²) >= 11 is 0. The van der Waals surface area contributed by atoms with Gasteiger partial charge in [0.1, 0.15) is 0 Å². The number of likely N-dealkylation sites (tertiary alicyclic amines) is 1. The molecule has 1 aromatic rings. The van der Waals surface area contributed by atoms with Crippen LogP contribution in [-0.2, 0) is 0 Å². The Bertz CT molecular complexity index is 528. The molecule has 2 N–H and O–H groups in total. The minimum atomic E-state index is -0.205. The number of nitrogens with one attached hydrogen (secondary N) is 1. The van der Waals surface area contributed by atoms with Crippen molar-refractivity contribution in [1.82, 2.24) is 10.2 Å². The Balaban J connectivity index is 2.34. The maximum atomic E-state index is 12.2. The van der Waals surface area contributed by atoms with Gasteiger partial charge in [0.15, 0.2) is 0 Å². The molecule has 1 aliphatic rings. The fraction of sp³-hybridized carbons (Fsp3) is 0.611. The molecule has 1 aromatic carbocycles. The number of β-amino-alcohol motifs (C(OH)–C–C–N with tert-alkyl or cyclic N) is 1. The highest BCUT2D eigenvalue weighted by atomic mass is 16.3. The molecular formula is C18H28N2O2. The summed E-state index contributed by atoms with van der Waals surface area (Å²) in [4.78, 5) is 14.6. The number of carbonyl (C=O) groups is 1. The maximum Gasteiger partial charge on any atom is 0.251 e. The second kappa shape index (κ2) is 7.25. The van der Waals surface area contributed by atoms with Gasteiger partial charge in [0, 0.05) is 32.2 Å². The van der Waals surface area contributed by atoms with E-state index in [1.54, 1.807) is 7.05 Å². The Labute approximate surface area is 133 Å². The van der Waals surface area contributed by atoms with Crippen molar-refractivity contribution >= 4 is 5.91 Å². The van der Waals surface area contributed by atoms with E-state index in [1.807, 2.05) is 12.1 Å². The molecule has 0 aromatic heterocycles. The minimum Gasteiger partial charge on any atom is -0.392 e.